The van der Waals surface area contributed by atoms with Gasteiger partial charge in [0.05, 0.1) is 6.04 Å². The molecule has 1 fully saturated rings. The van der Waals surface area contributed by atoms with Crippen molar-refractivity contribution in [3.63, 3.8) is 0 Å². The van der Waals surface area contributed by atoms with Crippen molar-refractivity contribution in [1.82, 2.24) is 0 Å². The molecule has 2 nitrogen and oxygen atoms in total. The van der Waals surface area contributed by atoms with Gasteiger partial charge >= 0.3 is 0 Å². The number of amidine groups is 1. The molecule has 0 aliphatic heterocycles. The Morgan fingerprint density at radius 2 is 1.52 bits per heavy atom. The van der Waals surface area contributed by atoms with E-state index in [4.69, 9.17) is 10.7 Å². The molecule has 0 radical (unpaired) electrons. The fourth-order valence-electron chi connectivity index (χ4n) is 3.44. The normalized spacial score (nSPS) is 17.8. The molecule has 0 aromatic heterocycles. The molecule has 0 saturated heterocycles. The summed E-state index contributed by atoms with van der Waals surface area (Å²) in [6.07, 6.45) is 7.21. The van der Waals surface area contributed by atoms with E-state index in [2.05, 4.69) is 60.7 Å². The molecule has 0 heterocycles. The minimum atomic E-state index is 0.167. The van der Waals surface area contributed by atoms with Crippen molar-refractivity contribution in [1.29, 1.82) is 0 Å². The van der Waals surface area contributed by atoms with Gasteiger partial charge in [-0.25, -0.2) is 0 Å². The van der Waals surface area contributed by atoms with Crippen LogP contribution in [0.2, 0.25) is 0 Å². The van der Waals surface area contributed by atoms with E-state index in [-0.39, 0.29) is 5.92 Å². The van der Waals surface area contributed by atoms with Gasteiger partial charge in [0, 0.05) is 5.92 Å². The minimum Gasteiger partial charge on any atom is -0.387 e. The zero-order valence-electron chi connectivity index (χ0n) is 13.7. The lowest BCUT2D eigenvalue weighted by Gasteiger charge is -2.22. The van der Waals surface area contributed by atoms with Crippen molar-refractivity contribution in [2.75, 3.05) is 0 Å². The maximum absolute atomic E-state index is 6.48. The molecule has 2 heteroatoms. The molecule has 2 N–H and O–H groups in total. The minimum absolute atomic E-state index is 0.167. The molecule has 120 valence electrons. The Morgan fingerprint density at radius 1 is 0.913 bits per heavy atom. The first-order valence-electron chi connectivity index (χ1n) is 8.75. The third-order valence-corrected chi connectivity index (χ3v) is 4.75. The van der Waals surface area contributed by atoms with Crippen LogP contribution < -0.4 is 5.73 Å². The molecule has 0 amide bonds. The van der Waals surface area contributed by atoms with Gasteiger partial charge in [-0.15, -0.1) is 0 Å². The molecule has 1 atom stereocenters. The van der Waals surface area contributed by atoms with E-state index in [1.54, 1.807) is 0 Å². The lowest BCUT2D eigenvalue weighted by molar-refractivity contribution is 0.442. The van der Waals surface area contributed by atoms with Crippen LogP contribution in [-0.4, -0.2) is 11.9 Å². The third kappa shape index (κ3) is 4.44. The number of aliphatic imine (C=N–C) groups is 1. The van der Waals surface area contributed by atoms with Crippen LogP contribution >= 0.6 is 0 Å². The summed E-state index contributed by atoms with van der Waals surface area (Å²) in [6, 6.07) is 21.5. The van der Waals surface area contributed by atoms with Gasteiger partial charge in [0.2, 0.25) is 0 Å². The smallest absolute Gasteiger partial charge is 0.102 e. The lowest BCUT2D eigenvalue weighted by Crippen LogP contribution is -2.27. The Hall–Kier alpha value is -2.09. The molecular formula is C21H26N2. The number of nitrogens with zero attached hydrogens (tertiary/aromatic N) is 1. The molecule has 2 aromatic carbocycles. The van der Waals surface area contributed by atoms with Gasteiger partial charge in [0.25, 0.3) is 0 Å². The van der Waals surface area contributed by atoms with Crippen molar-refractivity contribution in [3.8, 4) is 0 Å². The van der Waals surface area contributed by atoms with Gasteiger partial charge in [-0.3, -0.25) is 4.99 Å². The average Bonchev–Trinajstić information content (AvgIpc) is 2.62. The maximum atomic E-state index is 6.48. The highest BCUT2D eigenvalue weighted by Gasteiger charge is 2.19. The second-order valence-corrected chi connectivity index (χ2v) is 6.50. The first-order chi connectivity index (χ1) is 11.3. The molecule has 0 bridgehead atoms. The molecule has 3 rings (SSSR count). The summed E-state index contributed by atoms with van der Waals surface area (Å²) in [7, 11) is 0. The standard InChI is InChI=1S/C21H26N2/c22-21(23-19-14-8-3-9-15-19)20(18-12-6-2-7-13-18)16-17-10-4-1-5-11-17/h1-2,4-7,10-13,19-20H,3,8-9,14-16H2,(H2,22,23). The summed E-state index contributed by atoms with van der Waals surface area (Å²) in [5.74, 6) is 0.965. The monoisotopic (exact) mass is 306 g/mol. The summed E-state index contributed by atoms with van der Waals surface area (Å²) >= 11 is 0. The number of hydrogen-bond donors (Lipinski definition) is 1. The Kier molecular flexibility index (Phi) is 5.46. The molecule has 1 unspecified atom stereocenters. The highest BCUT2D eigenvalue weighted by molar-refractivity contribution is 5.88. The number of rotatable bonds is 5. The Labute approximate surface area is 139 Å². The topological polar surface area (TPSA) is 38.4 Å². The van der Waals surface area contributed by atoms with Crippen molar-refractivity contribution >= 4 is 5.84 Å². The van der Waals surface area contributed by atoms with Crippen molar-refractivity contribution in [3.05, 3.63) is 71.8 Å². The van der Waals surface area contributed by atoms with Crippen LogP contribution in [0.1, 0.15) is 49.1 Å². The van der Waals surface area contributed by atoms with Crippen LogP contribution in [-0.2, 0) is 6.42 Å². The maximum Gasteiger partial charge on any atom is 0.102 e. The van der Waals surface area contributed by atoms with Gasteiger partial charge in [-0.1, -0.05) is 79.9 Å². The molecule has 2 aromatic rings. The first kappa shape index (κ1) is 15.8. The summed E-state index contributed by atoms with van der Waals surface area (Å²) in [4.78, 5) is 4.90. The molecular weight excluding hydrogens is 280 g/mol. The van der Waals surface area contributed by atoms with E-state index >= 15 is 0 Å². The highest BCUT2D eigenvalue weighted by atomic mass is 14.9. The zero-order chi connectivity index (χ0) is 15.9. The van der Waals surface area contributed by atoms with E-state index in [0.29, 0.717) is 6.04 Å². The van der Waals surface area contributed by atoms with Crippen LogP contribution in [0.4, 0.5) is 0 Å². The van der Waals surface area contributed by atoms with Crippen LogP contribution in [0.3, 0.4) is 0 Å². The van der Waals surface area contributed by atoms with Gasteiger partial charge < -0.3 is 5.73 Å². The largest absolute Gasteiger partial charge is 0.387 e. The molecule has 1 aliphatic carbocycles. The van der Waals surface area contributed by atoms with Gasteiger partial charge in [0.1, 0.15) is 5.84 Å². The van der Waals surface area contributed by atoms with Crippen LogP contribution in [0.15, 0.2) is 65.7 Å². The predicted octanol–water partition coefficient (Wildman–Crippen LogP) is 4.70. The van der Waals surface area contributed by atoms with Crippen LogP contribution in [0.5, 0.6) is 0 Å². The second kappa shape index (κ2) is 7.96. The predicted molar refractivity (Wildman–Crippen MR) is 97.8 cm³/mol. The van der Waals surface area contributed by atoms with Gasteiger partial charge in [0.15, 0.2) is 0 Å². The van der Waals surface area contributed by atoms with Gasteiger partial charge in [-0.2, -0.15) is 0 Å². The van der Waals surface area contributed by atoms with Crippen molar-refractivity contribution < 1.29 is 0 Å². The summed E-state index contributed by atoms with van der Waals surface area (Å²) < 4.78 is 0. The zero-order valence-corrected chi connectivity index (χ0v) is 13.7. The summed E-state index contributed by atoms with van der Waals surface area (Å²) in [6.45, 7) is 0. The van der Waals surface area contributed by atoms with Crippen molar-refractivity contribution in [2.24, 2.45) is 10.7 Å². The molecule has 0 spiro atoms. The number of hydrogen-bond acceptors (Lipinski definition) is 1. The van der Waals surface area contributed by atoms with E-state index in [0.717, 1.165) is 12.3 Å². The number of nitrogens with two attached hydrogens (primary N) is 1. The Bertz CT molecular complexity index is 613. The first-order valence-corrected chi connectivity index (χ1v) is 8.75. The fourth-order valence-corrected chi connectivity index (χ4v) is 3.44. The SMILES string of the molecule is NC(=NC1CCCCC1)C(Cc1ccccc1)c1ccccc1. The lowest BCUT2D eigenvalue weighted by atomic mass is 9.90. The number of benzene rings is 2. The van der Waals surface area contributed by atoms with Crippen molar-refractivity contribution in [2.45, 2.75) is 50.5 Å². The summed E-state index contributed by atoms with van der Waals surface area (Å²) in [5, 5.41) is 0. The average molecular weight is 306 g/mol. The van der Waals surface area contributed by atoms with E-state index in [1.165, 1.54) is 43.2 Å². The highest BCUT2D eigenvalue weighted by Crippen LogP contribution is 2.25. The van der Waals surface area contributed by atoms with E-state index in [1.807, 2.05) is 0 Å². The Balaban J connectivity index is 1.83. The third-order valence-electron chi connectivity index (χ3n) is 4.75. The van der Waals surface area contributed by atoms with Crippen LogP contribution in [0, 0.1) is 0 Å². The molecule has 1 saturated carbocycles. The van der Waals surface area contributed by atoms with E-state index in [9.17, 15) is 0 Å². The second-order valence-electron chi connectivity index (χ2n) is 6.50. The van der Waals surface area contributed by atoms with Crippen LogP contribution in [0.25, 0.3) is 0 Å². The molecule has 23 heavy (non-hydrogen) atoms. The summed E-state index contributed by atoms with van der Waals surface area (Å²) in [5.41, 5.74) is 9.04. The fraction of sp³-hybridized carbons (Fsp3) is 0.381. The van der Waals surface area contributed by atoms with Gasteiger partial charge in [-0.05, 0) is 30.4 Å². The Morgan fingerprint density at radius 3 is 2.17 bits per heavy atom. The quantitative estimate of drug-likeness (QED) is 0.631. The van der Waals surface area contributed by atoms with E-state index < -0.39 is 0 Å². The molecule has 1 aliphatic rings.